The molecule has 1 aliphatic rings. The van der Waals surface area contributed by atoms with E-state index in [2.05, 4.69) is 15.5 Å². The number of ether oxygens (including phenoxy) is 1. The third-order valence-corrected chi connectivity index (χ3v) is 5.13. The second kappa shape index (κ2) is 10.2. The highest BCUT2D eigenvalue weighted by molar-refractivity contribution is 7.98. The van der Waals surface area contributed by atoms with Crippen LogP contribution in [0.25, 0.3) is 0 Å². The van der Waals surface area contributed by atoms with Crippen LogP contribution < -0.4 is 15.5 Å². The first-order valence-corrected chi connectivity index (χ1v) is 10.6. The first-order valence-electron chi connectivity index (χ1n) is 9.24. The molecule has 1 aliphatic heterocycles. The third kappa shape index (κ3) is 5.53. The van der Waals surface area contributed by atoms with E-state index in [4.69, 9.17) is 9.15 Å². The summed E-state index contributed by atoms with van der Waals surface area (Å²) in [5.74, 6) is 0.311. The fourth-order valence-corrected chi connectivity index (χ4v) is 3.42. The molecule has 1 fully saturated rings. The van der Waals surface area contributed by atoms with Crippen molar-refractivity contribution in [1.82, 2.24) is 5.32 Å². The summed E-state index contributed by atoms with van der Waals surface area (Å²) in [6.07, 6.45) is 3.93. The van der Waals surface area contributed by atoms with Gasteiger partial charge in [0.2, 0.25) is 5.91 Å². The van der Waals surface area contributed by atoms with Crippen LogP contribution in [0.15, 0.2) is 47.1 Å². The maximum atomic E-state index is 12.7. The van der Waals surface area contributed by atoms with Crippen molar-refractivity contribution in [2.75, 3.05) is 48.5 Å². The number of nitrogens with one attached hydrogen (secondary N) is 2. The van der Waals surface area contributed by atoms with Crippen molar-refractivity contribution >= 4 is 35.0 Å². The molecule has 3 rings (SSSR count). The Morgan fingerprint density at radius 3 is 2.57 bits per heavy atom. The number of anilines is 2. The van der Waals surface area contributed by atoms with Gasteiger partial charge in [-0.3, -0.25) is 9.59 Å². The maximum absolute atomic E-state index is 12.7. The van der Waals surface area contributed by atoms with Crippen LogP contribution in [0.5, 0.6) is 0 Å². The molecule has 1 aromatic heterocycles. The van der Waals surface area contributed by atoms with Gasteiger partial charge in [0.1, 0.15) is 6.04 Å². The van der Waals surface area contributed by atoms with Gasteiger partial charge in [-0.25, -0.2) is 0 Å². The Morgan fingerprint density at radius 1 is 1.18 bits per heavy atom. The van der Waals surface area contributed by atoms with Crippen LogP contribution in [-0.4, -0.2) is 56.2 Å². The van der Waals surface area contributed by atoms with Crippen molar-refractivity contribution in [3.8, 4) is 0 Å². The van der Waals surface area contributed by atoms with Crippen LogP contribution in [0.2, 0.25) is 0 Å². The van der Waals surface area contributed by atoms with Gasteiger partial charge >= 0.3 is 0 Å². The van der Waals surface area contributed by atoms with E-state index in [0.717, 1.165) is 37.7 Å². The fraction of sp³-hybridized carbons (Fsp3) is 0.400. The van der Waals surface area contributed by atoms with E-state index < -0.39 is 11.9 Å². The molecule has 0 aliphatic carbocycles. The quantitative estimate of drug-likeness (QED) is 0.705. The Kier molecular flexibility index (Phi) is 7.39. The summed E-state index contributed by atoms with van der Waals surface area (Å²) in [5.41, 5.74) is 1.80. The van der Waals surface area contributed by atoms with Crippen LogP contribution >= 0.6 is 11.8 Å². The Bertz CT molecular complexity index is 758. The molecule has 0 radical (unpaired) electrons. The second-order valence-corrected chi connectivity index (χ2v) is 7.41. The van der Waals surface area contributed by atoms with Crippen LogP contribution in [0.4, 0.5) is 11.4 Å². The number of thioether (sulfide) groups is 1. The van der Waals surface area contributed by atoms with Crippen molar-refractivity contribution < 1.29 is 18.7 Å². The molecule has 0 unspecified atom stereocenters. The van der Waals surface area contributed by atoms with Gasteiger partial charge in [0.15, 0.2) is 5.76 Å². The topological polar surface area (TPSA) is 83.8 Å². The van der Waals surface area contributed by atoms with Gasteiger partial charge in [0.05, 0.1) is 19.5 Å². The molecule has 1 saturated heterocycles. The first kappa shape index (κ1) is 20.3. The first-order chi connectivity index (χ1) is 13.7. The van der Waals surface area contributed by atoms with Crippen molar-refractivity contribution in [2.24, 2.45) is 0 Å². The van der Waals surface area contributed by atoms with E-state index in [1.54, 1.807) is 23.9 Å². The van der Waals surface area contributed by atoms with Crippen molar-refractivity contribution in [3.05, 3.63) is 48.4 Å². The molecule has 2 heterocycles. The summed E-state index contributed by atoms with van der Waals surface area (Å²) in [6.45, 7) is 3.18. The van der Waals surface area contributed by atoms with E-state index in [1.165, 1.54) is 6.26 Å². The number of hydrogen-bond donors (Lipinski definition) is 2. The summed E-state index contributed by atoms with van der Waals surface area (Å²) < 4.78 is 10.5. The summed E-state index contributed by atoms with van der Waals surface area (Å²) in [6, 6.07) is 10.3. The Morgan fingerprint density at radius 2 is 1.93 bits per heavy atom. The summed E-state index contributed by atoms with van der Waals surface area (Å²) >= 11 is 1.63. The van der Waals surface area contributed by atoms with Crippen molar-refractivity contribution in [3.63, 3.8) is 0 Å². The lowest BCUT2D eigenvalue weighted by Gasteiger charge is -2.29. The number of furan rings is 1. The maximum Gasteiger partial charge on any atom is 0.287 e. The third-order valence-electron chi connectivity index (χ3n) is 4.49. The minimum absolute atomic E-state index is 0.191. The number of carbonyl (C=O) groups excluding carboxylic acids is 2. The molecule has 0 bridgehead atoms. The average molecular weight is 404 g/mol. The normalized spacial score (nSPS) is 15.1. The monoisotopic (exact) mass is 403 g/mol. The van der Waals surface area contributed by atoms with E-state index in [1.807, 2.05) is 30.5 Å². The van der Waals surface area contributed by atoms with Gasteiger partial charge in [0, 0.05) is 24.5 Å². The molecule has 2 amide bonds. The van der Waals surface area contributed by atoms with Gasteiger partial charge in [-0.2, -0.15) is 11.8 Å². The fourth-order valence-electron chi connectivity index (χ4n) is 2.95. The number of benzene rings is 1. The Hall–Kier alpha value is -2.45. The lowest BCUT2D eigenvalue weighted by molar-refractivity contribution is -0.118. The number of morpholine rings is 1. The zero-order chi connectivity index (χ0) is 19.8. The molecule has 0 saturated carbocycles. The smallest absolute Gasteiger partial charge is 0.287 e. The number of nitrogens with zero attached hydrogens (tertiary/aromatic N) is 1. The predicted molar refractivity (Wildman–Crippen MR) is 111 cm³/mol. The number of rotatable bonds is 8. The summed E-state index contributed by atoms with van der Waals surface area (Å²) in [5, 5.41) is 5.65. The van der Waals surface area contributed by atoms with Gasteiger partial charge in [-0.1, -0.05) is 0 Å². The zero-order valence-corrected chi connectivity index (χ0v) is 16.7. The van der Waals surface area contributed by atoms with Gasteiger partial charge in [0.25, 0.3) is 5.91 Å². The molecular formula is C20H25N3O4S. The number of amides is 2. The largest absolute Gasteiger partial charge is 0.459 e. The van der Waals surface area contributed by atoms with Gasteiger partial charge in [-0.15, -0.1) is 0 Å². The minimum atomic E-state index is -0.635. The molecule has 2 N–H and O–H groups in total. The molecule has 1 atom stereocenters. The average Bonchev–Trinajstić information content (AvgIpc) is 3.27. The van der Waals surface area contributed by atoms with Crippen LogP contribution in [0.1, 0.15) is 17.0 Å². The highest BCUT2D eigenvalue weighted by atomic mass is 32.2. The lowest BCUT2D eigenvalue weighted by atomic mass is 10.2. The minimum Gasteiger partial charge on any atom is -0.459 e. The highest BCUT2D eigenvalue weighted by Crippen LogP contribution is 2.19. The Labute approximate surface area is 168 Å². The van der Waals surface area contributed by atoms with E-state index in [0.29, 0.717) is 12.1 Å². The second-order valence-electron chi connectivity index (χ2n) is 6.42. The number of hydrogen-bond acceptors (Lipinski definition) is 6. The zero-order valence-electron chi connectivity index (χ0n) is 15.8. The molecule has 0 spiro atoms. The van der Waals surface area contributed by atoms with E-state index in [9.17, 15) is 9.59 Å². The van der Waals surface area contributed by atoms with Crippen LogP contribution in [0, 0.1) is 0 Å². The summed E-state index contributed by atoms with van der Waals surface area (Å²) in [4.78, 5) is 27.2. The van der Waals surface area contributed by atoms with Crippen LogP contribution in [-0.2, 0) is 9.53 Å². The SMILES string of the molecule is CSCC[C@H](NC(=O)c1ccco1)C(=O)Nc1ccc(N2CCOCC2)cc1. The molecule has 2 aromatic rings. The van der Waals surface area contributed by atoms with E-state index in [-0.39, 0.29) is 11.7 Å². The highest BCUT2D eigenvalue weighted by Gasteiger charge is 2.22. The molecule has 150 valence electrons. The molecule has 7 nitrogen and oxygen atoms in total. The van der Waals surface area contributed by atoms with Gasteiger partial charge < -0.3 is 24.7 Å². The molecule has 28 heavy (non-hydrogen) atoms. The molecular weight excluding hydrogens is 378 g/mol. The summed E-state index contributed by atoms with van der Waals surface area (Å²) in [7, 11) is 0. The standard InChI is InChI=1S/C20H25N3O4S/c1-28-14-8-17(22-20(25)18-3-2-11-27-18)19(24)21-15-4-6-16(7-5-15)23-9-12-26-13-10-23/h2-7,11,17H,8-10,12-14H2,1H3,(H,21,24)(H,22,25)/t17-/m0/s1. The Balaban J connectivity index is 1.61. The predicted octanol–water partition coefficient (Wildman–Crippen LogP) is 2.61. The molecule has 1 aromatic carbocycles. The number of carbonyl (C=O) groups is 2. The molecule has 8 heteroatoms. The lowest BCUT2D eigenvalue weighted by Crippen LogP contribution is -2.44. The van der Waals surface area contributed by atoms with Gasteiger partial charge in [-0.05, 0) is 54.8 Å². The van der Waals surface area contributed by atoms with Crippen LogP contribution in [0.3, 0.4) is 0 Å². The van der Waals surface area contributed by atoms with E-state index >= 15 is 0 Å². The van der Waals surface area contributed by atoms with Crippen molar-refractivity contribution in [2.45, 2.75) is 12.5 Å². The van der Waals surface area contributed by atoms with Crippen molar-refractivity contribution in [1.29, 1.82) is 0 Å².